The van der Waals surface area contributed by atoms with Crippen LogP contribution in [0.15, 0.2) is 0 Å². The molecule has 0 aromatic carbocycles. The van der Waals surface area contributed by atoms with Gasteiger partial charge in [0.1, 0.15) is 0 Å². The second-order valence-electron chi connectivity index (χ2n) is 5.25. The summed E-state index contributed by atoms with van der Waals surface area (Å²) in [6, 6.07) is 0.542. The van der Waals surface area contributed by atoms with E-state index in [1.165, 1.54) is 19.3 Å². The molecule has 1 rings (SSSR count). The molecule has 0 bridgehead atoms. The maximum absolute atomic E-state index is 11.6. The highest BCUT2D eigenvalue weighted by Crippen LogP contribution is 2.29. The molecule has 0 saturated heterocycles. The zero-order valence-corrected chi connectivity index (χ0v) is 11.1. The number of hydrogen-bond acceptors (Lipinski definition) is 2. The Hall–Kier alpha value is -0.570. The zero-order chi connectivity index (χ0) is 12.1. The van der Waals surface area contributed by atoms with E-state index in [1.54, 1.807) is 4.90 Å². The lowest BCUT2D eigenvalue weighted by Crippen LogP contribution is -2.42. The fourth-order valence-electron chi connectivity index (χ4n) is 2.28. The molecule has 1 saturated carbocycles. The molecule has 3 unspecified atom stereocenters. The predicted octanol–water partition coefficient (Wildman–Crippen LogP) is 1.88. The first kappa shape index (κ1) is 13.5. The minimum atomic E-state index is 0.203. The first-order valence-electron chi connectivity index (χ1n) is 6.52. The van der Waals surface area contributed by atoms with Gasteiger partial charge >= 0.3 is 0 Å². The Labute approximate surface area is 99.6 Å². The molecule has 0 spiro atoms. The Morgan fingerprint density at radius 3 is 2.56 bits per heavy atom. The summed E-state index contributed by atoms with van der Waals surface area (Å²) < 4.78 is 0. The van der Waals surface area contributed by atoms with Crippen molar-refractivity contribution in [2.45, 2.75) is 46.1 Å². The second-order valence-corrected chi connectivity index (χ2v) is 5.25. The Bertz CT molecular complexity index is 230. The smallest absolute Gasteiger partial charge is 0.236 e. The topological polar surface area (TPSA) is 32.3 Å². The van der Waals surface area contributed by atoms with E-state index in [0.29, 0.717) is 12.6 Å². The van der Waals surface area contributed by atoms with Crippen LogP contribution in [0, 0.1) is 11.8 Å². The third-order valence-corrected chi connectivity index (χ3v) is 4.04. The van der Waals surface area contributed by atoms with Crippen LogP contribution < -0.4 is 5.32 Å². The third kappa shape index (κ3) is 3.78. The van der Waals surface area contributed by atoms with E-state index in [0.717, 1.165) is 18.4 Å². The Balaban J connectivity index is 2.26. The molecular weight excluding hydrogens is 200 g/mol. The average molecular weight is 226 g/mol. The van der Waals surface area contributed by atoms with Crippen molar-refractivity contribution in [2.75, 3.05) is 20.1 Å². The van der Waals surface area contributed by atoms with Crippen molar-refractivity contribution in [2.24, 2.45) is 11.8 Å². The fraction of sp³-hybridized carbons (Fsp3) is 0.923. The lowest BCUT2D eigenvalue weighted by molar-refractivity contribution is -0.128. The van der Waals surface area contributed by atoms with Crippen molar-refractivity contribution in [3.63, 3.8) is 0 Å². The van der Waals surface area contributed by atoms with Gasteiger partial charge in [-0.25, -0.2) is 0 Å². The molecule has 0 heterocycles. The lowest BCUT2D eigenvalue weighted by Gasteiger charge is -2.32. The van der Waals surface area contributed by atoms with Gasteiger partial charge in [0.05, 0.1) is 6.54 Å². The highest BCUT2D eigenvalue weighted by Gasteiger charge is 2.24. The molecule has 1 fully saturated rings. The van der Waals surface area contributed by atoms with E-state index in [4.69, 9.17) is 0 Å². The van der Waals surface area contributed by atoms with Crippen molar-refractivity contribution in [3.05, 3.63) is 0 Å². The number of nitrogens with one attached hydrogen (secondary N) is 1. The second kappa shape index (κ2) is 6.24. The normalized spacial score (nSPS) is 30.1. The number of nitrogens with zero attached hydrogens (tertiary/aromatic N) is 1. The van der Waals surface area contributed by atoms with Crippen LogP contribution >= 0.6 is 0 Å². The van der Waals surface area contributed by atoms with E-state index >= 15 is 0 Å². The van der Waals surface area contributed by atoms with Crippen LogP contribution in [0.25, 0.3) is 0 Å². The summed E-state index contributed by atoms with van der Waals surface area (Å²) in [5.74, 6) is 1.83. The minimum Gasteiger partial charge on any atom is -0.345 e. The van der Waals surface area contributed by atoms with E-state index in [-0.39, 0.29) is 5.91 Å². The lowest BCUT2D eigenvalue weighted by atomic mass is 9.79. The molecule has 1 amide bonds. The number of carbonyl (C=O) groups excluding carboxylic acids is 1. The molecule has 94 valence electrons. The van der Waals surface area contributed by atoms with Crippen LogP contribution in [0.5, 0.6) is 0 Å². The Morgan fingerprint density at radius 2 is 2.00 bits per heavy atom. The summed E-state index contributed by atoms with van der Waals surface area (Å²) in [5, 5.41) is 3.40. The fourth-order valence-corrected chi connectivity index (χ4v) is 2.28. The number of likely N-dealkylation sites (N-methyl/N-ethyl adjacent to an activating group) is 1. The number of hydrogen-bond donors (Lipinski definition) is 1. The van der Waals surface area contributed by atoms with Crippen LogP contribution in [-0.2, 0) is 4.79 Å². The summed E-state index contributed by atoms with van der Waals surface area (Å²) >= 11 is 0. The van der Waals surface area contributed by atoms with Crippen molar-refractivity contribution in [1.29, 1.82) is 0 Å². The van der Waals surface area contributed by atoms with E-state index in [2.05, 4.69) is 19.2 Å². The third-order valence-electron chi connectivity index (χ3n) is 4.04. The van der Waals surface area contributed by atoms with Gasteiger partial charge in [-0.1, -0.05) is 13.8 Å². The van der Waals surface area contributed by atoms with Gasteiger partial charge in [0, 0.05) is 19.6 Å². The monoisotopic (exact) mass is 226 g/mol. The largest absolute Gasteiger partial charge is 0.345 e. The average Bonchev–Trinajstić information content (AvgIpc) is 2.29. The summed E-state index contributed by atoms with van der Waals surface area (Å²) in [6.07, 6.45) is 3.72. The van der Waals surface area contributed by atoms with Crippen molar-refractivity contribution in [3.8, 4) is 0 Å². The number of amides is 1. The molecular formula is C13H26N2O. The first-order valence-corrected chi connectivity index (χ1v) is 6.52. The molecule has 1 aliphatic rings. The standard InChI is InChI=1S/C13H26N2O/c1-5-15(4)13(16)9-14-12-7-6-10(2)11(3)8-12/h10-12,14H,5-9H2,1-4H3. The van der Waals surface area contributed by atoms with Crippen LogP contribution in [0.3, 0.4) is 0 Å². The molecule has 16 heavy (non-hydrogen) atoms. The summed E-state index contributed by atoms with van der Waals surface area (Å²) in [5.41, 5.74) is 0. The van der Waals surface area contributed by atoms with Gasteiger partial charge in [-0.15, -0.1) is 0 Å². The van der Waals surface area contributed by atoms with Crippen molar-refractivity contribution in [1.82, 2.24) is 10.2 Å². The minimum absolute atomic E-state index is 0.203. The van der Waals surface area contributed by atoms with E-state index < -0.39 is 0 Å². The maximum atomic E-state index is 11.6. The Morgan fingerprint density at radius 1 is 1.31 bits per heavy atom. The SMILES string of the molecule is CCN(C)C(=O)CNC1CCC(C)C(C)C1. The molecule has 1 aliphatic carbocycles. The molecule has 0 aliphatic heterocycles. The summed E-state index contributed by atoms with van der Waals surface area (Å²) in [6.45, 7) is 7.94. The molecule has 3 atom stereocenters. The number of carbonyl (C=O) groups is 1. The van der Waals surface area contributed by atoms with Gasteiger partial charge in [0.2, 0.25) is 5.91 Å². The number of rotatable bonds is 4. The molecule has 3 nitrogen and oxygen atoms in total. The molecule has 0 aromatic rings. The quantitative estimate of drug-likeness (QED) is 0.794. The highest BCUT2D eigenvalue weighted by atomic mass is 16.2. The molecule has 1 N–H and O–H groups in total. The molecule has 3 heteroatoms. The maximum Gasteiger partial charge on any atom is 0.236 e. The highest BCUT2D eigenvalue weighted by molar-refractivity contribution is 5.77. The van der Waals surface area contributed by atoms with Gasteiger partial charge in [0.25, 0.3) is 0 Å². The zero-order valence-electron chi connectivity index (χ0n) is 11.1. The molecule has 0 aromatic heterocycles. The van der Waals surface area contributed by atoms with Gasteiger partial charge in [0.15, 0.2) is 0 Å². The first-order chi connectivity index (χ1) is 7.54. The van der Waals surface area contributed by atoms with Gasteiger partial charge < -0.3 is 10.2 Å². The predicted molar refractivity (Wildman–Crippen MR) is 67.3 cm³/mol. The van der Waals surface area contributed by atoms with Gasteiger partial charge in [-0.05, 0) is 38.0 Å². The van der Waals surface area contributed by atoms with Crippen molar-refractivity contribution >= 4 is 5.91 Å². The van der Waals surface area contributed by atoms with Crippen LogP contribution in [0.1, 0.15) is 40.0 Å². The van der Waals surface area contributed by atoms with E-state index in [1.807, 2.05) is 14.0 Å². The Kier molecular flexibility index (Phi) is 5.26. The van der Waals surface area contributed by atoms with Crippen molar-refractivity contribution < 1.29 is 4.79 Å². The van der Waals surface area contributed by atoms with Crippen LogP contribution in [0.4, 0.5) is 0 Å². The van der Waals surface area contributed by atoms with Gasteiger partial charge in [-0.3, -0.25) is 4.79 Å². The molecule has 0 radical (unpaired) electrons. The van der Waals surface area contributed by atoms with Crippen LogP contribution in [0.2, 0.25) is 0 Å². The van der Waals surface area contributed by atoms with E-state index in [9.17, 15) is 4.79 Å². The summed E-state index contributed by atoms with van der Waals surface area (Å²) in [7, 11) is 1.86. The van der Waals surface area contributed by atoms with Gasteiger partial charge in [-0.2, -0.15) is 0 Å². The summed E-state index contributed by atoms with van der Waals surface area (Å²) in [4.78, 5) is 13.4. The van der Waals surface area contributed by atoms with Crippen LogP contribution in [-0.4, -0.2) is 37.0 Å².